The maximum Gasteiger partial charge on any atom is 0.265 e. The van der Waals surface area contributed by atoms with E-state index in [4.69, 9.17) is 16.3 Å². The molecule has 6 nitrogen and oxygen atoms in total. The van der Waals surface area contributed by atoms with Gasteiger partial charge in [0, 0.05) is 5.69 Å². The van der Waals surface area contributed by atoms with Crippen LogP contribution >= 0.6 is 22.9 Å². The van der Waals surface area contributed by atoms with Gasteiger partial charge in [-0.1, -0.05) is 29.8 Å². The summed E-state index contributed by atoms with van der Waals surface area (Å²) in [6, 6.07) is 14.3. The number of thiophene rings is 1. The van der Waals surface area contributed by atoms with Crippen LogP contribution in [0.4, 0.5) is 11.4 Å². The average molecular weight is 423 g/mol. The number of sulfonamides is 1. The fraction of sp³-hybridized carbons (Fsp3) is 0.0556. The molecule has 0 aliphatic rings. The molecule has 1 heterocycles. The first-order chi connectivity index (χ1) is 12.9. The predicted molar refractivity (Wildman–Crippen MR) is 108 cm³/mol. The highest BCUT2D eigenvalue weighted by molar-refractivity contribution is 7.92. The lowest BCUT2D eigenvalue weighted by molar-refractivity contribution is 0.103. The van der Waals surface area contributed by atoms with E-state index in [2.05, 4.69) is 10.0 Å². The van der Waals surface area contributed by atoms with Crippen LogP contribution < -0.4 is 14.8 Å². The Labute approximate surface area is 165 Å². The number of halogens is 1. The van der Waals surface area contributed by atoms with Crippen LogP contribution in [-0.4, -0.2) is 21.4 Å². The lowest BCUT2D eigenvalue weighted by atomic mass is 10.3. The number of nitrogens with one attached hydrogen (secondary N) is 2. The molecule has 2 aromatic carbocycles. The first-order valence-electron chi connectivity index (χ1n) is 7.71. The van der Waals surface area contributed by atoms with Crippen molar-refractivity contribution in [3.8, 4) is 5.75 Å². The summed E-state index contributed by atoms with van der Waals surface area (Å²) in [6.45, 7) is 0. The highest BCUT2D eigenvalue weighted by Crippen LogP contribution is 2.31. The van der Waals surface area contributed by atoms with E-state index < -0.39 is 10.0 Å². The predicted octanol–water partition coefficient (Wildman–Crippen LogP) is 4.46. The number of rotatable bonds is 6. The molecule has 0 bridgehead atoms. The number of carbonyl (C=O) groups excluding carboxylic acids is 1. The highest BCUT2D eigenvalue weighted by atomic mass is 35.5. The summed E-state index contributed by atoms with van der Waals surface area (Å²) >= 11 is 7.32. The Kier molecular flexibility index (Phi) is 5.69. The number of anilines is 2. The van der Waals surface area contributed by atoms with E-state index in [0.29, 0.717) is 10.6 Å². The van der Waals surface area contributed by atoms with Gasteiger partial charge in [-0.2, -0.15) is 0 Å². The summed E-state index contributed by atoms with van der Waals surface area (Å²) in [5.41, 5.74) is 0.572. The van der Waals surface area contributed by atoms with E-state index in [0.717, 1.165) is 0 Å². The fourth-order valence-electron chi connectivity index (χ4n) is 2.31. The van der Waals surface area contributed by atoms with Crippen LogP contribution in [0.15, 0.2) is 64.9 Å². The minimum Gasteiger partial charge on any atom is -0.495 e. The van der Waals surface area contributed by atoms with Gasteiger partial charge in [0.15, 0.2) is 0 Å². The number of methoxy groups -OCH3 is 1. The van der Waals surface area contributed by atoms with Gasteiger partial charge in [0.2, 0.25) is 0 Å². The van der Waals surface area contributed by atoms with Gasteiger partial charge < -0.3 is 10.1 Å². The van der Waals surface area contributed by atoms with Crippen molar-refractivity contribution < 1.29 is 17.9 Å². The van der Waals surface area contributed by atoms with Crippen molar-refractivity contribution in [2.45, 2.75) is 4.90 Å². The summed E-state index contributed by atoms with van der Waals surface area (Å²) in [7, 11) is -2.63. The SMILES string of the molecule is COc1ccc(NC(=O)c2cccs2)cc1S(=O)(=O)Nc1ccccc1Cl. The summed E-state index contributed by atoms with van der Waals surface area (Å²) in [5, 5.41) is 4.73. The number of hydrogen-bond acceptors (Lipinski definition) is 5. The van der Waals surface area contributed by atoms with Crippen molar-refractivity contribution in [1.29, 1.82) is 0 Å². The molecule has 27 heavy (non-hydrogen) atoms. The van der Waals surface area contributed by atoms with Crippen LogP contribution in [0, 0.1) is 0 Å². The second kappa shape index (κ2) is 7.99. The molecular weight excluding hydrogens is 408 g/mol. The highest BCUT2D eigenvalue weighted by Gasteiger charge is 2.22. The zero-order valence-electron chi connectivity index (χ0n) is 14.1. The molecule has 2 N–H and O–H groups in total. The third kappa shape index (κ3) is 4.41. The molecule has 0 saturated heterocycles. The lowest BCUT2D eigenvalue weighted by Crippen LogP contribution is -2.16. The summed E-state index contributed by atoms with van der Waals surface area (Å²) in [4.78, 5) is 12.6. The molecule has 140 valence electrons. The van der Waals surface area contributed by atoms with Gasteiger partial charge in [-0.15, -0.1) is 11.3 Å². The van der Waals surface area contributed by atoms with Crippen molar-refractivity contribution in [2.24, 2.45) is 0 Å². The van der Waals surface area contributed by atoms with Crippen LogP contribution in [-0.2, 0) is 10.0 Å². The third-order valence-corrected chi connectivity index (χ3v) is 6.16. The molecular formula is C18H15ClN2O4S2. The number of hydrogen-bond donors (Lipinski definition) is 2. The second-order valence-corrected chi connectivity index (χ2v) is 8.39. The van der Waals surface area contributed by atoms with E-state index in [9.17, 15) is 13.2 Å². The molecule has 3 aromatic rings. The van der Waals surface area contributed by atoms with E-state index in [-0.39, 0.29) is 27.3 Å². The van der Waals surface area contributed by atoms with E-state index in [1.807, 2.05) is 0 Å². The van der Waals surface area contributed by atoms with Gasteiger partial charge >= 0.3 is 0 Å². The van der Waals surface area contributed by atoms with Gasteiger partial charge in [-0.05, 0) is 41.8 Å². The molecule has 0 fully saturated rings. The van der Waals surface area contributed by atoms with Crippen LogP contribution in [0.25, 0.3) is 0 Å². The number of benzene rings is 2. The van der Waals surface area contributed by atoms with Crippen molar-refractivity contribution in [2.75, 3.05) is 17.1 Å². The van der Waals surface area contributed by atoms with E-state index in [1.54, 1.807) is 47.8 Å². The van der Waals surface area contributed by atoms with E-state index >= 15 is 0 Å². The van der Waals surface area contributed by atoms with Crippen molar-refractivity contribution in [3.05, 3.63) is 69.9 Å². The molecule has 1 aromatic heterocycles. The normalized spacial score (nSPS) is 11.0. The quantitative estimate of drug-likeness (QED) is 0.614. The molecule has 3 rings (SSSR count). The molecule has 0 atom stereocenters. The Morgan fingerprint density at radius 2 is 1.89 bits per heavy atom. The van der Waals surface area contributed by atoms with Crippen LogP contribution in [0.2, 0.25) is 5.02 Å². The topological polar surface area (TPSA) is 84.5 Å². The number of para-hydroxylation sites is 1. The van der Waals surface area contributed by atoms with Crippen molar-refractivity contribution >= 4 is 50.2 Å². The minimum atomic E-state index is -4.00. The molecule has 0 radical (unpaired) electrons. The number of ether oxygens (including phenoxy) is 1. The van der Waals surface area contributed by atoms with Crippen LogP contribution in [0.5, 0.6) is 5.75 Å². The van der Waals surface area contributed by atoms with Crippen LogP contribution in [0.1, 0.15) is 9.67 Å². The standard InChI is InChI=1S/C18H15ClN2O4S2/c1-25-15-9-8-12(20-18(22)16-7-4-10-26-16)11-17(15)27(23,24)21-14-6-3-2-5-13(14)19/h2-11,21H,1H3,(H,20,22). The van der Waals surface area contributed by atoms with Crippen molar-refractivity contribution in [1.82, 2.24) is 0 Å². The Hall–Kier alpha value is -2.55. The molecule has 0 aliphatic carbocycles. The largest absolute Gasteiger partial charge is 0.495 e. The molecule has 0 saturated carbocycles. The summed E-state index contributed by atoms with van der Waals surface area (Å²) in [5.74, 6) is -0.179. The Morgan fingerprint density at radius 3 is 2.56 bits per heavy atom. The van der Waals surface area contributed by atoms with Gasteiger partial charge in [-0.3, -0.25) is 9.52 Å². The minimum absolute atomic E-state index is 0.117. The molecule has 0 spiro atoms. The maximum atomic E-state index is 12.8. The average Bonchev–Trinajstić information content (AvgIpc) is 3.18. The maximum absolute atomic E-state index is 12.8. The smallest absolute Gasteiger partial charge is 0.265 e. The number of carbonyl (C=O) groups is 1. The molecule has 0 unspecified atom stereocenters. The Balaban J connectivity index is 1.93. The Morgan fingerprint density at radius 1 is 1.11 bits per heavy atom. The lowest BCUT2D eigenvalue weighted by Gasteiger charge is -2.14. The number of amides is 1. The monoisotopic (exact) mass is 422 g/mol. The first kappa shape index (κ1) is 19.2. The summed E-state index contributed by atoms with van der Waals surface area (Å²) in [6.07, 6.45) is 0. The second-order valence-electron chi connectivity index (χ2n) is 5.38. The van der Waals surface area contributed by atoms with Crippen LogP contribution in [0.3, 0.4) is 0 Å². The Bertz CT molecular complexity index is 1070. The zero-order valence-corrected chi connectivity index (χ0v) is 16.5. The molecule has 1 amide bonds. The fourth-order valence-corrected chi connectivity index (χ4v) is 4.44. The molecule has 9 heteroatoms. The van der Waals surface area contributed by atoms with Crippen molar-refractivity contribution in [3.63, 3.8) is 0 Å². The summed E-state index contributed by atoms with van der Waals surface area (Å²) < 4.78 is 33.3. The van der Waals surface area contributed by atoms with Gasteiger partial charge in [0.1, 0.15) is 10.6 Å². The van der Waals surface area contributed by atoms with E-state index in [1.165, 1.54) is 30.6 Å². The first-order valence-corrected chi connectivity index (χ1v) is 10.4. The van der Waals surface area contributed by atoms with Gasteiger partial charge in [-0.25, -0.2) is 8.42 Å². The van der Waals surface area contributed by atoms with Gasteiger partial charge in [0.05, 0.1) is 22.7 Å². The zero-order chi connectivity index (χ0) is 19.4. The van der Waals surface area contributed by atoms with Gasteiger partial charge in [0.25, 0.3) is 15.9 Å². The molecule has 0 aliphatic heterocycles. The third-order valence-electron chi connectivity index (χ3n) is 3.57.